The topological polar surface area (TPSA) is 69.6 Å². The SMILES string of the molecule is CCN(C(=O)NC1CCC(C(=O)O)C1)c1ccccc1F. The first-order valence-electron chi connectivity index (χ1n) is 7.08. The highest BCUT2D eigenvalue weighted by Gasteiger charge is 2.31. The molecule has 0 aliphatic heterocycles. The summed E-state index contributed by atoms with van der Waals surface area (Å²) >= 11 is 0. The van der Waals surface area contributed by atoms with Gasteiger partial charge in [0.1, 0.15) is 5.82 Å². The Hall–Kier alpha value is -2.11. The number of nitrogens with zero attached hydrogens (tertiary/aromatic N) is 1. The maximum absolute atomic E-state index is 13.8. The number of halogens is 1. The summed E-state index contributed by atoms with van der Waals surface area (Å²) in [6.07, 6.45) is 1.62. The standard InChI is InChI=1S/C15H19FN2O3/c1-2-18(13-6-4-3-5-12(13)16)15(21)17-11-8-7-10(9-11)14(19)20/h3-6,10-11H,2,7-9H2,1H3,(H,17,21)(H,19,20). The maximum atomic E-state index is 13.8. The molecular weight excluding hydrogens is 275 g/mol. The van der Waals surface area contributed by atoms with Gasteiger partial charge in [-0.25, -0.2) is 9.18 Å². The Kier molecular flexibility index (Phi) is 4.77. The van der Waals surface area contributed by atoms with Crippen molar-refractivity contribution in [3.8, 4) is 0 Å². The molecule has 2 atom stereocenters. The van der Waals surface area contributed by atoms with E-state index in [-0.39, 0.29) is 11.7 Å². The largest absolute Gasteiger partial charge is 0.481 e. The van der Waals surface area contributed by atoms with Crippen LogP contribution in [-0.2, 0) is 4.79 Å². The molecule has 114 valence electrons. The van der Waals surface area contributed by atoms with Crippen LogP contribution in [0.4, 0.5) is 14.9 Å². The number of para-hydroxylation sites is 1. The highest BCUT2D eigenvalue weighted by atomic mass is 19.1. The summed E-state index contributed by atoms with van der Waals surface area (Å²) in [5.74, 6) is -1.68. The number of carboxylic acids is 1. The van der Waals surface area contributed by atoms with Gasteiger partial charge in [-0.2, -0.15) is 0 Å². The van der Waals surface area contributed by atoms with Gasteiger partial charge in [-0.05, 0) is 38.3 Å². The molecule has 0 aromatic heterocycles. The van der Waals surface area contributed by atoms with E-state index in [1.54, 1.807) is 25.1 Å². The second-order valence-corrected chi connectivity index (χ2v) is 5.19. The van der Waals surface area contributed by atoms with Crippen LogP contribution in [0.1, 0.15) is 26.2 Å². The molecule has 1 aromatic carbocycles. The smallest absolute Gasteiger partial charge is 0.322 e. The second-order valence-electron chi connectivity index (χ2n) is 5.19. The zero-order valence-electron chi connectivity index (χ0n) is 11.9. The third kappa shape index (κ3) is 3.51. The summed E-state index contributed by atoms with van der Waals surface area (Å²) in [4.78, 5) is 24.5. The van der Waals surface area contributed by atoms with Gasteiger partial charge in [-0.1, -0.05) is 12.1 Å². The molecule has 0 radical (unpaired) electrons. The molecule has 21 heavy (non-hydrogen) atoms. The third-order valence-corrected chi connectivity index (χ3v) is 3.81. The molecule has 1 fully saturated rings. The van der Waals surface area contributed by atoms with E-state index in [1.165, 1.54) is 11.0 Å². The van der Waals surface area contributed by atoms with Gasteiger partial charge < -0.3 is 10.4 Å². The minimum Gasteiger partial charge on any atom is -0.481 e. The summed E-state index contributed by atoms with van der Waals surface area (Å²) in [5, 5.41) is 11.8. The Morgan fingerprint density at radius 3 is 2.67 bits per heavy atom. The van der Waals surface area contributed by atoms with Crippen LogP contribution >= 0.6 is 0 Å². The molecule has 2 amide bonds. The number of benzene rings is 1. The molecule has 1 aliphatic carbocycles. The van der Waals surface area contributed by atoms with Gasteiger partial charge in [0.15, 0.2) is 0 Å². The van der Waals surface area contributed by atoms with Crippen molar-refractivity contribution in [3.05, 3.63) is 30.1 Å². The number of carbonyl (C=O) groups excluding carboxylic acids is 1. The molecule has 2 N–H and O–H groups in total. The number of hydrogen-bond donors (Lipinski definition) is 2. The van der Waals surface area contributed by atoms with Crippen molar-refractivity contribution < 1.29 is 19.1 Å². The average molecular weight is 294 g/mol. The van der Waals surface area contributed by atoms with Crippen molar-refractivity contribution in [1.82, 2.24) is 5.32 Å². The quantitative estimate of drug-likeness (QED) is 0.896. The van der Waals surface area contributed by atoms with Gasteiger partial charge in [0.25, 0.3) is 0 Å². The van der Waals surface area contributed by atoms with Crippen molar-refractivity contribution in [1.29, 1.82) is 0 Å². The van der Waals surface area contributed by atoms with E-state index in [4.69, 9.17) is 5.11 Å². The number of rotatable bonds is 4. The van der Waals surface area contributed by atoms with Crippen LogP contribution in [0.25, 0.3) is 0 Å². The Morgan fingerprint density at radius 2 is 2.10 bits per heavy atom. The number of anilines is 1. The second kappa shape index (κ2) is 6.56. The molecule has 0 spiro atoms. The lowest BCUT2D eigenvalue weighted by atomic mass is 10.1. The monoisotopic (exact) mass is 294 g/mol. The minimum atomic E-state index is -0.826. The lowest BCUT2D eigenvalue weighted by Crippen LogP contribution is -2.44. The fourth-order valence-electron chi connectivity index (χ4n) is 2.68. The normalized spacial score (nSPS) is 21.0. The lowest BCUT2D eigenvalue weighted by Gasteiger charge is -2.24. The molecule has 2 rings (SSSR count). The van der Waals surface area contributed by atoms with E-state index >= 15 is 0 Å². The van der Waals surface area contributed by atoms with Gasteiger partial charge in [-0.15, -0.1) is 0 Å². The Labute approximate surface area is 122 Å². The van der Waals surface area contributed by atoms with E-state index in [1.807, 2.05) is 0 Å². The highest BCUT2D eigenvalue weighted by molar-refractivity contribution is 5.92. The number of carboxylic acid groups (broad SMARTS) is 1. The van der Waals surface area contributed by atoms with E-state index in [2.05, 4.69) is 5.32 Å². The lowest BCUT2D eigenvalue weighted by molar-refractivity contribution is -0.141. The first-order valence-corrected chi connectivity index (χ1v) is 7.08. The van der Waals surface area contributed by atoms with Crippen LogP contribution in [-0.4, -0.2) is 29.7 Å². The predicted molar refractivity (Wildman–Crippen MR) is 76.7 cm³/mol. The van der Waals surface area contributed by atoms with Crippen LogP contribution in [0.3, 0.4) is 0 Å². The Morgan fingerprint density at radius 1 is 1.38 bits per heavy atom. The number of nitrogens with one attached hydrogen (secondary N) is 1. The van der Waals surface area contributed by atoms with E-state index in [9.17, 15) is 14.0 Å². The zero-order valence-corrected chi connectivity index (χ0v) is 11.9. The number of carbonyl (C=O) groups is 2. The fourth-order valence-corrected chi connectivity index (χ4v) is 2.68. The first-order chi connectivity index (χ1) is 10.0. The number of hydrogen-bond acceptors (Lipinski definition) is 2. The fraction of sp³-hybridized carbons (Fsp3) is 0.467. The average Bonchev–Trinajstić information content (AvgIpc) is 2.90. The molecule has 5 nitrogen and oxygen atoms in total. The summed E-state index contributed by atoms with van der Waals surface area (Å²) < 4.78 is 13.8. The molecule has 0 heterocycles. The van der Waals surface area contributed by atoms with Gasteiger partial charge >= 0.3 is 12.0 Å². The van der Waals surface area contributed by atoms with E-state index in [0.717, 1.165) is 0 Å². The third-order valence-electron chi connectivity index (χ3n) is 3.81. The number of amides is 2. The van der Waals surface area contributed by atoms with Crippen LogP contribution in [0, 0.1) is 11.7 Å². The maximum Gasteiger partial charge on any atom is 0.322 e. The zero-order chi connectivity index (χ0) is 15.4. The highest BCUT2D eigenvalue weighted by Crippen LogP contribution is 2.26. The molecular formula is C15H19FN2O3. The van der Waals surface area contributed by atoms with Crippen LogP contribution in [0.2, 0.25) is 0 Å². The molecule has 2 unspecified atom stereocenters. The molecule has 0 bridgehead atoms. The van der Waals surface area contributed by atoms with Gasteiger partial charge in [0.2, 0.25) is 0 Å². The summed E-state index contributed by atoms with van der Waals surface area (Å²) in [7, 11) is 0. The van der Waals surface area contributed by atoms with Crippen LogP contribution in [0.5, 0.6) is 0 Å². The number of urea groups is 1. The summed E-state index contributed by atoms with van der Waals surface area (Å²) in [6, 6.07) is 5.54. The molecule has 1 aromatic rings. The van der Waals surface area contributed by atoms with Crippen molar-refractivity contribution in [2.45, 2.75) is 32.2 Å². The van der Waals surface area contributed by atoms with Crippen molar-refractivity contribution in [3.63, 3.8) is 0 Å². The molecule has 1 aliphatic rings. The summed E-state index contributed by atoms with van der Waals surface area (Å²) in [6.45, 7) is 2.10. The van der Waals surface area contributed by atoms with Gasteiger partial charge in [0.05, 0.1) is 11.6 Å². The molecule has 6 heteroatoms. The first kappa shape index (κ1) is 15.3. The Bertz CT molecular complexity index is 535. The molecule has 0 saturated heterocycles. The van der Waals surface area contributed by atoms with Crippen molar-refractivity contribution >= 4 is 17.7 Å². The van der Waals surface area contributed by atoms with Crippen LogP contribution in [0.15, 0.2) is 24.3 Å². The Balaban J connectivity index is 2.02. The van der Waals surface area contributed by atoms with E-state index < -0.39 is 23.7 Å². The minimum absolute atomic E-state index is 0.167. The number of aliphatic carboxylic acids is 1. The van der Waals surface area contributed by atoms with Crippen LogP contribution < -0.4 is 10.2 Å². The molecule has 1 saturated carbocycles. The van der Waals surface area contributed by atoms with E-state index in [0.29, 0.717) is 25.8 Å². The van der Waals surface area contributed by atoms with Gasteiger partial charge in [-0.3, -0.25) is 9.69 Å². The summed E-state index contributed by atoms with van der Waals surface area (Å²) in [5.41, 5.74) is 0.227. The van der Waals surface area contributed by atoms with Crippen molar-refractivity contribution in [2.24, 2.45) is 5.92 Å². The van der Waals surface area contributed by atoms with Crippen molar-refractivity contribution in [2.75, 3.05) is 11.4 Å². The van der Waals surface area contributed by atoms with Gasteiger partial charge in [0, 0.05) is 12.6 Å². The predicted octanol–water partition coefficient (Wildman–Crippen LogP) is 2.61.